The molecule has 2 amide bonds. The van der Waals surface area contributed by atoms with Crippen molar-refractivity contribution in [3.63, 3.8) is 0 Å². The van der Waals surface area contributed by atoms with Gasteiger partial charge >= 0.3 is 11.7 Å². The minimum atomic E-state index is -0.296. The smallest absolute Gasteiger partial charge is 0.338 e. The van der Waals surface area contributed by atoms with Crippen molar-refractivity contribution in [3.8, 4) is 0 Å². The SMILES string of the molecule is CN(C)[C@@H](CNC(=O)NCCCn1nc2n(c1=O)CCCC2)c1cccc(F)c1. The molecule has 1 aromatic carbocycles. The lowest BCUT2D eigenvalue weighted by atomic mass is 10.1. The molecule has 1 atom stereocenters. The average molecular weight is 404 g/mol. The van der Waals surface area contributed by atoms with Gasteiger partial charge in [-0.15, -0.1) is 0 Å². The van der Waals surface area contributed by atoms with Gasteiger partial charge in [0, 0.05) is 32.6 Å². The van der Waals surface area contributed by atoms with Crippen LogP contribution in [0.5, 0.6) is 0 Å². The molecule has 8 nitrogen and oxygen atoms in total. The van der Waals surface area contributed by atoms with E-state index in [0.717, 1.165) is 37.2 Å². The van der Waals surface area contributed by atoms with E-state index in [1.807, 2.05) is 25.1 Å². The van der Waals surface area contributed by atoms with Crippen LogP contribution in [-0.4, -0.2) is 52.5 Å². The summed E-state index contributed by atoms with van der Waals surface area (Å²) in [5.74, 6) is 0.564. The molecule has 3 rings (SSSR count). The fourth-order valence-corrected chi connectivity index (χ4v) is 3.59. The second-order valence-electron chi connectivity index (χ2n) is 7.56. The first-order chi connectivity index (χ1) is 14.0. The Morgan fingerprint density at radius 2 is 2.14 bits per heavy atom. The number of hydrogen-bond donors (Lipinski definition) is 2. The van der Waals surface area contributed by atoms with Crippen LogP contribution < -0.4 is 16.3 Å². The summed E-state index contributed by atoms with van der Waals surface area (Å²) in [5.41, 5.74) is 0.742. The number of fused-ring (bicyclic) bond motifs is 1. The molecule has 0 fully saturated rings. The van der Waals surface area contributed by atoms with E-state index in [4.69, 9.17) is 0 Å². The first-order valence-electron chi connectivity index (χ1n) is 10.1. The van der Waals surface area contributed by atoms with Crippen molar-refractivity contribution in [2.45, 2.75) is 44.8 Å². The minimum absolute atomic E-state index is 0.0620. The molecule has 0 saturated heterocycles. The van der Waals surface area contributed by atoms with Gasteiger partial charge < -0.3 is 15.5 Å². The number of urea groups is 1. The zero-order valence-electron chi connectivity index (χ0n) is 17.0. The number of hydrogen-bond acceptors (Lipinski definition) is 4. The maximum Gasteiger partial charge on any atom is 0.345 e. The van der Waals surface area contributed by atoms with E-state index >= 15 is 0 Å². The minimum Gasteiger partial charge on any atom is -0.338 e. The zero-order chi connectivity index (χ0) is 20.8. The summed E-state index contributed by atoms with van der Waals surface area (Å²) in [6.45, 7) is 2.01. The largest absolute Gasteiger partial charge is 0.345 e. The molecule has 29 heavy (non-hydrogen) atoms. The van der Waals surface area contributed by atoms with E-state index in [9.17, 15) is 14.0 Å². The van der Waals surface area contributed by atoms with Crippen LogP contribution in [0, 0.1) is 5.82 Å². The third kappa shape index (κ3) is 5.44. The zero-order valence-corrected chi connectivity index (χ0v) is 17.0. The van der Waals surface area contributed by atoms with Gasteiger partial charge in [-0.05, 0) is 51.1 Å². The van der Waals surface area contributed by atoms with Crippen LogP contribution in [0.4, 0.5) is 9.18 Å². The van der Waals surface area contributed by atoms with E-state index in [2.05, 4.69) is 15.7 Å². The fraction of sp³-hybridized carbons (Fsp3) is 0.550. The second-order valence-corrected chi connectivity index (χ2v) is 7.56. The molecule has 0 unspecified atom stereocenters. The first-order valence-corrected chi connectivity index (χ1v) is 10.1. The number of rotatable bonds is 8. The molecular weight excluding hydrogens is 375 g/mol. The molecule has 0 saturated carbocycles. The molecule has 1 aliphatic heterocycles. The number of nitrogens with zero attached hydrogens (tertiary/aromatic N) is 4. The molecule has 0 bridgehead atoms. The highest BCUT2D eigenvalue weighted by Crippen LogP contribution is 2.18. The molecule has 2 aromatic rings. The average Bonchev–Trinajstić information content (AvgIpc) is 3.01. The summed E-state index contributed by atoms with van der Waals surface area (Å²) >= 11 is 0. The number of benzene rings is 1. The number of likely N-dealkylation sites (N-methyl/N-ethyl adjacent to an activating group) is 1. The maximum atomic E-state index is 13.5. The van der Waals surface area contributed by atoms with Crippen molar-refractivity contribution in [3.05, 3.63) is 52.0 Å². The molecule has 158 valence electrons. The van der Waals surface area contributed by atoms with Crippen molar-refractivity contribution in [2.75, 3.05) is 27.2 Å². The Kier molecular flexibility index (Phi) is 7.03. The lowest BCUT2D eigenvalue weighted by molar-refractivity contribution is 0.232. The Morgan fingerprint density at radius 1 is 1.31 bits per heavy atom. The summed E-state index contributed by atoms with van der Waals surface area (Å²) < 4.78 is 16.7. The molecule has 0 spiro atoms. The molecule has 1 aromatic heterocycles. The van der Waals surface area contributed by atoms with E-state index in [0.29, 0.717) is 26.1 Å². The van der Waals surface area contributed by atoms with Crippen LogP contribution in [0.2, 0.25) is 0 Å². The number of aromatic nitrogens is 3. The molecule has 0 aliphatic carbocycles. The first kappa shape index (κ1) is 21.0. The Labute approximate surface area is 169 Å². The summed E-state index contributed by atoms with van der Waals surface area (Å²) in [6.07, 6.45) is 3.55. The van der Waals surface area contributed by atoms with E-state index < -0.39 is 0 Å². The summed E-state index contributed by atoms with van der Waals surface area (Å²) in [6, 6.07) is 5.97. The van der Waals surface area contributed by atoms with Crippen molar-refractivity contribution in [2.24, 2.45) is 0 Å². The van der Waals surface area contributed by atoms with E-state index in [-0.39, 0.29) is 23.6 Å². The topological polar surface area (TPSA) is 84.2 Å². The molecule has 2 N–H and O–H groups in total. The predicted molar refractivity (Wildman–Crippen MR) is 108 cm³/mol. The van der Waals surface area contributed by atoms with Gasteiger partial charge in [0.25, 0.3) is 0 Å². The van der Waals surface area contributed by atoms with E-state index in [1.54, 1.807) is 10.6 Å². The standard InChI is InChI=1S/C20H29FN6O2/c1-25(2)17(15-7-5-8-16(21)13-15)14-23-19(28)22-10-6-12-27-20(29)26-11-4-3-9-18(26)24-27/h5,7-8,13,17H,3-4,6,9-12,14H2,1-2H3,(H2,22,23,28)/t17-/m0/s1. The van der Waals surface area contributed by atoms with Gasteiger partial charge in [0.1, 0.15) is 11.6 Å². The highest BCUT2D eigenvalue weighted by atomic mass is 19.1. The van der Waals surface area contributed by atoms with Crippen LogP contribution in [0.25, 0.3) is 0 Å². The lowest BCUT2D eigenvalue weighted by Crippen LogP contribution is -2.41. The summed E-state index contributed by atoms with van der Waals surface area (Å²) in [4.78, 5) is 26.3. The second kappa shape index (κ2) is 9.69. The molecular formula is C20H29FN6O2. The van der Waals surface area contributed by atoms with Gasteiger partial charge in [-0.25, -0.2) is 18.7 Å². The van der Waals surface area contributed by atoms with Gasteiger partial charge in [-0.3, -0.25) is 4.57 Å². The Bertz CT molecular complexity index is 891. The predicted octanol–water partition coefficient (Wildman–Crippen LogP) is 1.51. The number of carbonyl (C=O) groups excluding carboxylic acids is 1. The van der Waals surface area contributed by atoms with Crippen molar-refractivity contribution in [1.29, 1.82) is 0 Å². The molecule has 9 heteroatoms. The number of halogens is 1. The normalized spacial score (nSPS) is 14.5. The maximum absolute atomic E-state index is 13.5. The number of carbonyl (C=O) groups is 1. The molecule has 2 heterocycles. The lowest BCUT2D eigenvalue weighted by Gasteiger charge is -2.25. The van der Waals surface area contributed by atoms with Gasteiger partial charge in [-0.1, -0.05) is 12.1 Å². The number of nitrogens with one attached hydrogen (secondary N) is 2. The highest BCUT2D eigenvalue weighted by molar-refractivity contribution is 5.73. The highest BCUT2D eigenvalue weighted by Gasteiger charge is 2.17. The van der Waals surface area contributed by atoms with Gasteiger partial charge in [0.15, 0.2) is 0 Å². The van der Waals surface area contributed by atoms with Gasteiger partial charge in [0.2, 0.25) is 0 Å². The summed E-state index contributed by atoms with van der Waals surface area (Å²) in [5, 5.41) is 10.0. The van der Waals surface area contributed by atoms with Crippen molar-refractivity contribution in [1.82, 2.24) is 29.9 Å². The van der Waals surface area contributed by atoms with Gasteiger partial charge in [0.05, 0.1) is 6.04 Å². The number of aryl methyl sites for hydroxylation is 2. The fourth-order valence-electron chi connectivity index (χ4n) is 3.59. The molecule has 1 aliphatic rings. The molecule has 0 radical (unpaired) electrons. The van der Waals surface area contributed by atoms with Crippen LogP contribution in [0.3, 0.4) is 0 Å². The number of amides is 2. The Morgan fingerprint density at radius 3 is 2.86 bits per heavy atom. The van der Waals surface area contributed by atoms with Gasteiger partial charge in [-0.2, -0.15) is 5.10 Å². The third-order valence-corrected chi connectivity index (χ3v) is 5.18. The quantitative estimate of drug-likeness (QED) is 0.654. The third-order valence-electron chi connectivity index (χ3n) is 5.18. The Balaban J connectivity index is 1.43. The Hall–Kier alpha value is -2.68. The van der Waals surface area contributed by atoms with E-state index in [1.165, 1.54) is 16.8 Å². The van der Waals surface area contributed by atoms with Crippen LogP contribution in [-0.2, 0) is 19.5 Å². The summed E-state index contributed by atoms with van der Waals surface area (Å²) in [7, 11) is 3.77. The van der Waals surface area contributed by atoms with Crippen molar-refractivity contribution >= 4 is 6.03 Å². The van der Waals surface area contributed by atoms with Crippen molar-refractivity contribution < 1.29 is 9.18 Å². The van der Waals surface area contributed by atoms with Crippen LogP contribution >= 0.6 is 0 Å². The van der Waals surface area contributed by atoms with Crippen LogP contribution in [0.1, 0.15) is 36.7 Å². The van der Waals surface area contributed by atoms with Crippen LogP contribution in [0.15, 0.2) is 29.1 Å². The monoisotopic (exact) mass is 404 g/mol.